The molecular weight excluding hydrogens is 365 g/mol. The van der Waals surface area contributed by atoms with Crippen molar-refractivity contribution in [2.45, 2.75) is 11.5 Å². The number of nitrogens with zero attached hydrogens (tertiary/aromatic N) is 1. The van der Waals surface area contributed by atoms with Gasteiger partial charge in [0.2, 0.25) is 6.41 Å². The van der Waals surface area contributed by atoms with E-state index in [1.165, 1.54) is 12.1 Å². The molecule has 26 heavy (non-hydrogen) atoms. The number of hydrogen-bond donors (Lipinski definition) is 1. The maximum atomic E-state index is 11.5. The van der Waals surface area contributed by atoms with E-state index >= 15 is 0 Å². The number of hydroxylamine groups is 1. The van der Waals surface area contributed by atoms with Gasteiger partial charge in [-0.25, -0.2) is 0 Å². The van der Waals surface area contributed by atoms with Crippen LogP contribution in [0.2, 0.25) is 0 Å². The van der Waals surface area contributed by atoms with Crippen LogP contribution in [0.3, 0.4) is 0 Å². The predicted octanol–water partition coefficient (Wildman–Crippen LogP) is 0.298. The summed E-state index contributed by atoms with van der Waals surface area (Å²) in [5.41, 5.74) is 1.27. The van der Waals surface area contributed by atoms with Gasteiger partial charge >= 0.3 is 29.6 Å². The number of amides is 1. The van der Waals surface area contributed by atoms with Crippen molar-refractivity contribution in [1.29, 1.82) is 0 Å². The smallest absolute Gasteiger partial charge is 1.00 e. The summed E-state index contributed by atoms with van der Waals surface area (Å²) in [5.74, 6) is 0. The number of anilines is 1. The Labute approximate surface area is 174 Å². The van der Waals surface area contributed by atoms with Crippen LogP contribution in [0.4, 0.5) is 5.69 Å². The Hall–Kier alpha value is -1.74. The molecule has 8 heteroatoms. The van der Waals surface area contributed by atoms with Gasteiger partial charge in [0.25, 0.3) is 10.1 Å². The monoisotopic (exact) mass is 381 g/mol. The van der Waals surface area contributed by atoms with E-state index in [1.807, 2.05) is 30.3 Å². The number of rotatable bonds is 6. The molecule has 0 fully saturated rings. The number of hydrogen-bond acceptors (Lipinski definition) is 4. The first-order valence-corrected chi connectivity index (χ1v) is 8.85. The van der Waals surface area contributed by atoms with E-state index in [0.717, 1.165) is 10.6 Å². The second-order valence-electron chi connectivity index (χ2n) is 5.29. The Balaban J connectivity index is 0.00000182. The summed E-state index contributed by atoms with van der Waals surface area (Å²) in [5, 5.41) is 1.82. The molecule has 6 nitrogen and oxygen atoms in total. The first-order chi connectivity index (χ1) is 12.0. The van der Waals surface area contributed by atoms with Crippen molar-refractivity contribution in [2.24, 2.45) is 0 Å². The van der Waals surface area contributed by atoms with Crippen LogP contribution in [0.25, 0.3) is 10.8 Å². The van der Waals surface area contributed by atoms with Crippen LogP contribution in [0.1, 0.15) is 6.99 Å². The van der Waals surface area contributed by atoms with Crippen molar-refractivity contribution in [3.8, 4) is 0 Å². The van der Waals surface area contributed by atoms with Gasteiger partial charge in [-0.15, -0.1) is 0 Å². The minimum Gasteiger partial charge on any atom is -1.00 e. The molecule has 0 aliphatic rings. The van der Waals surface area contributed by atoms with Gasteiger partial charge in [-0.3, -0.25) is 14.2 Å². The van der Waals surface area contributed by atoms with E-state index in [2.05, 4.69) is 0 Å². The van der Waals surface area contributed by atoms with Crippen LogP contribution in [-0.2, 0) is 26.4 Å². The van der Waals surface area contributed by atoms with E-state index in [0.29, 0.717) is 22.9 Å². The molecule has 1 amide bonds. The van der Waals surface area contributed by atoms with E-state index in [9.17, 15) is 17.8 Å². The second-order valence-corrected chi connectivity index (χ2v) is 6.68. The molecule has 0 saturated heterocycles. The molecule has 0 saturated carbocycles. The second kappa shape index (κ2) is 8.77. The molecule has 3 rings (SSSR count). The average Bonchev–Trinajstić information content (AvgIpc) is 2.62. The Morgan fingerprint density at radius 1 is 0.962 bits per heavy atom. The molecule has 0 aromatic heterocycles. The number of benzene rings is 3. The van der Waals surface area contributed by atoms with Crippen LogP contribution < -0.4 is 34.6 Å². The van der Waals surface area contributed by atoms with E-state index < -0.39 is 10.1 Å². The molecule has 130 valence electrons. The largest absolute Gasteiger partial charge is 1.00 e. The van der Waals surface area contributed by atoms with Crippen LogP contribution in [0, 0.1) is 0 Å². The molecule has 0 bridgehead atoms. The molecule has 0 radical (unpaired) electrons. The third-order valence-electron chi connectivity index (χ3n) is 3.68. The topological polar surface area (TPSA) is 83.9 Å². The van der Waals surface area contributed by atoms with Crippen LogP contribution in [0.5, 0.6) is 0 Å². The molecule has 0 unspecified atom stereocenters. The molecule has 1 N–H and O–H groups in total. The Bertz CT molecular complexity index is 1010. The van der Waals surface area contributed by atoms with Gasteiger partial charge in [0.1, 0.15) is 11.5 Å². The standard InChI is InChI=1S/C18H15NO5S.Na.H/c20-13-19(24-12-14-6-2-1-3-7-14)17-10-4-9-16-15(17)8-5-11-18(16)25(21,22)23;;/h1-11,13H,12H2,(H,21,22,23);;/q;+1;-1. The minimum absolute atomic E-state index is 0. The van der Waals surface area contributed by atoms with Gasteiger partial charge < -0.3 is 1.43 Å². The fourth-order valence-electron chi connectivity index (χ4n) is 2.56. The van der Waals surface area contributed by atoms with Gasteiger partial charge in [0.15, 0.2) is 0 Å². The van der Waals surface area contributed by atoms with Crippen LogP contribution >= 0.6 is 0 Å². The molecule has 0 atom stereocenters. The van der Waals surface area contributed by atoms with E-state index in [4.69, 9.17) is 4.84 Å². The molecule has 3 aromatic rings. The van der Waals surface area contributed by atoms with Gasteiger partial charge in [-0.1, -0.05) is 54.6 Å². The summed E-state index contributed by atoms with van der Waals surface area (Å²) in [6.07, 6.45) is 0.512. The third-order valence-corrected chi connectivity index (χ3v) is 4.60. The van der Waals surface area contributed by atoms with E-state index in [1.54, 1.807) is 24.3 Å². The summed E-state index contributed by atoms with van der Waals surface area (Å²) in [7, 11) is -4.38. The first kappa shape index (κ1) is 20.6. The summed E-state index contributed by atoms with van der Waals surface area (Å²) in [4.78, 5) is 16.8. The number of carbonyl (C=O) groups excluding carboxylic acids is 1. The number of carbonyl (C=O) groups is 1. The molecule has 3 aromatic carbocycles. The molecule has 0 spiro atoms. The third kappa shape index (κ3) is 4.50. The van der Waals surface area contributed by atoms with Gasteiger partial charge in [0, 0.05) is 10.8 Å². The summed E-state index contributed by atoms with van der Waals surface area (Å²) in [6.45, 7) is 0.175. The molecule has 0 aliphatic heterocycles. The SMILES string of the molecule is O=CN(OCc1ccccc1)c1cccc2c(S(=O)(=O)O)cccc12.[H-].[Na+]. The zero-order valence-corrected chi connectivity index (χ0v) is 16.9. The predicted molar refractivity (Wildman–Crippen MR) is 94.6 cm³/mol. The quantitative estimate of drug-likeness (QED) is 0.287. The average molecular weight is 381 g/mol. The summed E-state index contributed by atoms with van der Waals surface area (Å²) < 4.78 is 32.5. The Morgan fingerprint density at radius 3 is 2.27 bits per heavy atom. The van der Waals surface area contributed by atoms with Crippen molar-refractivity contribution < 1.29 is 53.6 Å². The van der Waals surface area contributed by atoms with Crippen LogP contribution in [-0.4, -0.2) is 19.4 Å². The zero-order valence-electron chi connectivity index (χ0n) is 15.1. The molecular formula is C18H16NNaO5S. The van der Waals surface area contributed by atoms with Gasteiger partial charge in [0.05, 0.1) is 5.69 Å². The minimum atomic E-state index is -4.38. The fraction of sp³-hybridized carbons (Fsp3) is 0.0556. The maximum absolute atomic E-state index is 11.5. The van der Waals surface area contributed by atoms with Gasteiger partial charge in [-0.05, 0) is 17.7 Å². The van der Waals surface area contributed by atoms with Crippen molar-refractivity contribution in [1.82, 2.24) is 0 Å². The number of fused-ring (bicyclic) bond motifs is 1. The zero-order chi connectivity index (χ0) is 17.9. The Morgan fingerprint density at radius 2 is 1.62 bits per heavy atom. The molecule has 0 aliphatic carbocycles. The summed E-state index contributed by atoms with van der Waals surface area (Å²) >= 11 is 0. The van der Waals surface area contributed by atoms with Crippen LogP contribution in [0.15, 0.2) is 71.6 Å². The first-order valence-electron chi connectivity index (χ1n) is 7.41. The normalized spacial score (nSPS) is 11.0. The van der Waals surface area contributed by atoms with Crippen molar-refractivity contribution in [2.75, 3.05) is 5.06 Å². The van der Waals surface area contributed by atoms with Crippen molar-refractivity contribution >= 4 is 33.0 Å². The maximum Gasteiger partial charge on any atom is 1.00 e. The Kier molecular flexibility index (Phi) is 6.94. The van der Waals surface area contributed by atoms with Crippen molar-refractivity contribution in [3.05, 3.63) is 72.3 Å². The fourth-order valence-corrected chi connectivity index (χ4v) is 3.26. The molecule has 0 heterocycles. The van der Waals surface area contributed by atoms with E-state index in [-0.39, 0.29) is 42.5 Å². The van der Waals surface area contributed by atoms with Gasteiger partial charge in [-0.2, -0.15) is 13.5 Å². The summed E-state index contributed by atoms with van der Waals surface area (Å²) in [6, 6.07) is 18.6. The van der Waals surface area contributed by atoms with Crippen molar-refractivity contribution in [3.63, 3.8) is 0 Å².